The first kappa shape index (κ1) is 32.1. The van der Waals surface area contributed by atoms with Gasteiger partial charge in [-0.15, -0.1) is 6.42 Å². The topological polar surface area (TPSA) is 149 Å². The highest BCUT2D eigenvalue weighted by atomic mass is 16.2. The van der Waals surface area contributed by atoms with Crippen LogP contribution in [0.2, 0.25) is 0 Å². The zero-order valence-corrected chi connectivity index (χ0v) is 18.7. The van der Waals surface area contributed by atoms with Gasteiger partial charge in [0.1, 0.15) is 18.0 Å². The largest absolute Gasteiger partial charge is 0.405 e. The average Bonchev–Trinajstić information content (AvgIpc) is 3.66. The maximum Gasteiger partial charge on any atom is 0.270 e. The number of amides is 1. The number of allylic oxidation sites excluding steroid dienone is 1. The third-order valence-corrected chi connectivity index (χ3v) is 4.96. The predicted octanol–water partition coefficient (Wildman–Crippen LogP) is 2.54. The van der Waals surface area contributed by atoms with Crippen LogP contribution in [0.1, 0.15) is 61.3 Å². The van der Waals surface area contributed by atoms with E-state index in [4.69, 9.17) is 23.6 Å². The molecule has 1 unspecified atom stereocenters. The van der Waals surface area contributed by atoms with E-state index in [2.05, 4.69) is 21.2 Å². The Morgan fingerprint density at radius 3 is 2.03 bits per heavy atom. The Hall–Kier alpha value is -3.08. The van der Waals surface area contributed by atoms with E-state index in [0.29, 0.717) is 23.5 Å². The molecule has 0 heterocycles. The molecule has 0 aromatic heterocycles. The molecule has 2 rings (SSSR count). The summed E-state index contributed by atoms with van der Waals surface area (Å²) in [5, 5.41) is 2.86. The number of hydrogen-bond acceptors (Lipinski definition) is 7. The van der Waals surface area contributed by atoms with Crippen molar-refractivity contribution < 1.29 is 9.59 Å². The van der Waals surface area contributed by atoms with Crippen molar-refractivity contribution in [3.05, 3.63) is 24.2 Å². The average molecular weight is 461 g/mol. The second-order valence-corrected chi connectivity index (χ2v) is 8.14. The Bertz CT molecular complexity index is 743. The van der Waals surface area contributed by atoms with Crippen molar-refractivity contribution in [3.63, 3.8) is 0 Å². The van der Waals surface area contributed by atoms with Crippen molar-refractivity contribution in [2.24, 2.45) is 44.9 Å². The highest BCUT2D eigenvalue weighted by Crippen LogP contribution is 2.50. The predicted molar refractivity (Wildman–Crippen MR) is 140 cm³/mol. The Labute approximate surface area is 200 Å². The molecule has 2 saturated carbocycles. The number of nitrogens with two attached hydrogens (primary N) is 3. The monoisotopic (exact) mass is 460 g/mol. The van der Waals surface area contributed by atoms with Crippen LogP contribution in [0, 0.1) is 30.1 Å². The fraction of sp³-hybridized carbons (Fsp3) is 0.600. The summed E-state index contributed by atoms with van der Waals surface area (Å²) in [6.07, 6.45) is 16.1. The highest BCUT2D eigenvalue weighted by molar-refractivity contribution is 6.43. The van der Waals surface area contributed by atoms with Crippen LogP contribution in [0.25, 0.3) is 0 Å². The van der Waals surface area contributed by atoms with E-state index in [-0.39, 0.29) is 38.6 Å². The first-order valence-electron chi connectivity index (χ1n) is 10.7. The summed E-state index contributed by atoms with van der Waals surface area (Å²) >= 11 is 0. The van der Waals surface area contributed by atoms with Crippen molar-refractivity contribution in [2.45, 2.75) is 79.4 Å². The fourth-order valence-electron chi connectivity index (χ4n) is 3.21. The molecule has 0 radical (unpaired) electrons. The highest BCUT2D eigenvalue weighted by Gasteiger charge is 2.46. The van der Waals surface area contributed by atoms with Crippen molar-refractivity contribution in [1.29, 1.82) is 0 Å². The van der Waals surface area contributed by atoms with Gasteiger partial charge >= 0.3 is 0 Å². The number of terminal acetylenes is 1. The number of nitrogens with zero attached hydrogens (tertiary/aromatic N) is 2. The third kappa shape index (κ3) is 12.5. The quantitative estimate of drug-likeness (QED) is 0.224. The van der Waals surface area contributed by atoms with Gasteiger partial charge in [0.15, 0.2) is 0 Å². The summed E-state index contributed by atoms with van der Waals surface area (Å²) in [4.78, 5) is 31.9. The van der Waals surface area contributed by atoms with E-state index < -0.39 is 6.04 Å². The van der Waals surface area contributed by atoms with E-state index >= 15 is 0 Å². The van der Waals surface area contributed by atoms with Gasteiger partial charge < -0.3 is 27.3 Å². The Balaban J connectivity index is 0. The summed E-state index contributed by atoms with van der Waals surface area (Å²) in [5.41, 5.74) is 16.4. The summed E-state index contributed by atoms with van der Waals surface area (Å²) in [6.45, 7) is 5.58. The molecule has 33 heavy (non-hydrogen) atoms. The van der Waals surface area contributed by atoms with Crippen LogP contribution < -0.4 is 22.5 Å². The molecule has 1 amide bonds. The molecule has 2 atom stereocenters. The maximum absolute atomic E-state index is 12.3. The first-order chi connectivity index (χ1) is 14.8. The first-order valence-corrected chi connectivity index (χ1v) is 10.7. The molecular weight excluding hydrogens is 416 g/mol. The van der Waals surface area contributed by atoms with Crippen LogP contribution in [0.15, 0.2) is 34.2 Å². The lowest BCUT2D eigenvalue weighted by Gasteiger charge is -2.23. The van der Waals surface area contributed by atoms with Gasteiger partial charge in [0.2, 0.25) is 0 Å². The molecule has 8 nitrogen and oxygen atoms in total. The number of nitrogens with one attached hydrogen (secondary N) is 1. The standard InChI is InChI=1S/C16H25N3O2.C7H11N3.2CH4/c1-10(2)18-13(7-8-17)16(21)19-14(9-20)15(11-3-4-11)12-5-6-12;1-3-6(2)10-5-7(9)4-8;;/h7-12,14-15H,3-6,17H2,1-2H3,(H,19,21);1,4-6H,8-9H2,2H3;2*1H4/b8-7-,18-13?;7-4+,10-5?;;/t14-;;;/m1.../s1. The zero-order chi connectivity index (χ0) is 23.4. The number of rotatable bonds is 10. The summed E-state index contributed by atoms with van der Waals surface area (Å²) in [7, 11) is 0. The van der Waals surface area contributed by atoms with E-state index in [1.165, 1.54) is 50.4 Å². The van der Waals surface area contributed by atoms with Gasteiger partial charge in [-0.2, -0.15) is 0 Å². The van der Waals surface area contributed by atoms with Crippen LogP contribution in [-0.2, 0) is 9.59 Å². The number of carbonyl (C=O) groups is 2. The summed E-state index contributed by atoms with van der Waals surface area (Å²) in [5.74, 6) is 3.61. The van der Waals surface area contributed by atoms with Crippen LogP contribution in [0.4, 0.5) is 0 Å². The summed E-state index contributed by atoms with van der Waals surface area (Å²) in [6, 6.07) is -0.543. The number of hydrogen-bond donors (Lipinski definition) is 4. The van der Waals surface area contributed by atoms with E-state index in [1.807, 2.05) is 13.8 Å². The Kier molecular flexibility index (Phi) is 16.1. The molecule has 0 aromatic carbocycles. The number of aldehydes is 1. The SMILES string of the molecule is C.C.C#CC(C)N=C/C(N)=C\N.CC(C)N=C(/C=C\N)C(=O)N[C@H](C=O)C(C1CC1)C1CC1. The molecule has 2 fully saturated rings. The van der Waals surface area contributed by atoms with Gasteiger partial charge in [-0.1, -0.05) is 20.8 Å². The van der Waals surface area contributed by atoms with Crippen LogP contribution >= 0.6 is 0 Å². The molecule has 2 aliphatic rings. The Morgan fingerprint density at radius 1 is 1.12 bits per heavy atom. The minimum atomic E-state index is -0.402. The van der Waals surface area contributed by atoms with Gasteiger partial charge in [0, 0.05) is 18.5 Å². The second kappa shape index (κ2) is 16.5. The lowest BCUT2D eigenvalue weighted by molar-refractivity contribution is -0.120. The van der Waals surface area contributed by atoms with Crippen molar-refractivity contribution >= 4 is 24.1 Å². The van der Waals surface area contributed by atoms with E-state index in [1.54, 1.807) is 6.92 Å². The molecular formula is C25H44N6O2. The second-order valence-electron chi connectivity index (χ2n) is 8.14. The number of aliphatic imine (C=N–C) groups is 2. The molecule has 0 saturated heterocycles. The molecule has 2 aliphatic carbocycles. The molecule has 0 spiro atoms. The Morgan fingerprint density at radius 2 is 1.67 bits per heavy atom. The number of carbonyl (C=O) groups excluding carboxylic acids is 2. The van der Waals surface area contributed by atoms with Gasteiger partial charge in [0.25, 0.3) is 5.91 Å². The molecule has 186 valence electrons. The van der Waals surface area contributed by atoms with Crippen molar-refractivity contribution in [2.75, 3.05) is 0 Å². The molecule has 8 heteroatoms. The van der Waals surface area contributed by atoms with Crippen LogP contribution in [-0.4, -0.2) is 42.2 Å². The van der Waals surface area contributed by atoms with Gasteiger partial charge in [-0.25, -0.2) is 0 Å². The van der Waals surface area contributed by atoms with Crippen molar-refractivity contribution in [3.8, 4) is 12.3 Å². The summed E-state index contributed by atoms with van der Waals surface area (Å²) < 4.78 is 0. The minimum absolute atomic E-state index is 0. The van der Waals surface area contributed by atoms with E-state index in [9.17, 15) is 9.59 Å². The van der Waals surface area contributed by atoms with Crippen LogP contribution in [0.5, 0.6) is 0 Å². The van der Waals surface area contributed by atoms with Crippen molar-refractivity contribution in [1.82, 2.24) is 5.32 Å². The molecule has 0 bridgehead atoms. The maximum atomic E-state index is 12.3. The van der Waals surface area contributed by atoms with Gasteiger partial charge in [-0.3, -0.25) is 14.8 Å². The lowest BCUT2D eigenvalue weighted by atomic mass is 9.90. The molecule has 0 aliphatic heterocycles. The van der Waals surface area contributed by atoms with Gasteiger partial charge in [0.05, 0.1) is 11.7 Å². The smallest absolute Gasteiger partial charge is 0.270 e. The van der Waals surface area contributed by atoms with E-state index in [0.717, 1.165) is 6.29 Å². The zero-order valence-electron chi connectivity index (χ0n) is 18.7. The fourth-order valence-corrected chi connectivity index (χ4v) is 3.21. The minimum Gasteiger partial charge on any atom is -0.405 e. The van der Waals surface area contributed by atoms with Crippen LogP contribution in [0.3, 0.4) is 0 Å². The van der Waals surface area contributed by atoms with Gasteiger partial charge in [-0.05, 0) is 76.5 Å². The molecule has 7 N–H and O–H groups in total. The lowest BCUT2D eigenvalue weighted by Crippen LogP contribution is -2.45. The molecule has 0 aromatic rings. The normalized spacial score (nSPS) is 17.9. The third-order valence-electron chi connectivity index (χ3n) is 4.96.